The molecule has 2 unspecified atom stereocenters. The summed E-state index contributed by atoms with van der Waals surface area (Å²) >= 11 is 5.12. The highest BCUT2D eigenvalue weighted by molar-refractivity contribution is 8.00. The summed E-state index contributed by atoms with van der Waals surface area (Å²) in [6.07, 6.45) is -1.75. The van der Waals surface area contributed by atoms with Crippen LogP contribution in [0.4, 0.5) is 0 Å². The van der Waals surface area contributed by atoms with Crippen LogP contribution in [0.1, 0.15) is 0 Å². The van der Waals surface area contributed by atoms with Gasteiger partial charge in [0.15, 0.2) is 0 Å². The minimum atomic E-state index is -3.28. The molecule has 0 saturated carbocycles. The van der Waals surface area contributed by atoms with E-state index in [-0.39, 0.29) is 30.3 Å². The Morgan fingerprint density at radius 1 is 1.35 bits per heavy atom. The van der Waals surface area contributed by atoms with Gasteiger partial charge in [-0.05, 0) is 0 Å². The summed E-state index contributed by atoms with van der Waals surface area (Å²) in [5.74, 6) is 0.795. The van der Waals surface area contributed by atoms with Crippen molar-refractivity contribution in [2.75, 3.05) is 36.1 Å². The summed E-state index contributed by atoms with van der Waals surface area (Å²) < 4.78 is 25.0. The first-order valence-electron chi connectivity index (χ1n) is 5.15. The van der Waals surface area contributed by atoms with Gasteiger partial charge in [0.05, 0.1) is 18.0 Å². The molecule has 0 aliphatic heterocycles. The maximum atomic E-state index is 11.3. The molecule has 0 radical (unpaired) electrons. The summed E-state index contributed by atoms with van der Waals surface area (Å²) in [6.45, 7) is 0.493. The Kier molecular flexibility index (Phi) is 9.70. The first-order valence-corrected chi connectivity index (χ1v) is 8.59. The first kappa shape index (κ1) is 17.5. The Balaban J connectivity index is 3.70. The zero-order valence-corrected chi connectivity index (χ0v) is 12.0. The van der Waals surface area contributed by atoms with Gasteiger partial charge >= 0.3 is 0 Å². The quantitative estimate of drug-likeness (QED) is 0.242. The van der Waals surface area contributed by atoms with E-state index >= 15 is 0 Å². The van der Waals surface area contributed by atoms with Crippen LogP contribution in [0.25, 0.3) is 0 Å². The molecule has 0 saturated heterocycles. The zero-order chi connectivity index (χ0) is 13.3. The van der Waals surface area contributed by atoms with E-state index in [0.717, 1.165) is 0 Å². The lowest BCUT2D eigenvalue weighted by Crippen LogP contribution is -2.32. The molecule has 0 aromatic carbocycles. The Labute approximate surface area is 112 Å². The van der Waals surface area contributed by atoms with E-state index in [9.17, 15) is 18.6 Å². The van der Waals surface area contributed by atoms with Crippen LogP contribution in [0, 0.1) is 0 Å². The number of hydrogen-bond acceptors (Lipinski definition) is 7. The summed E-state index contributed by atoms with van der Waals surface area (Å²) in [7, 11) is -3.28. The zero-order valence-electron chi connectivity index (χ0n) is 9.45. The Bertz CT molecular complexity index is 286. The largest absolute Gasteiger partial charge is 0.390 e. The normalized spacial score (nSPS) is 15.8. The SMILES string of the molecule is NCCNS(=O)(=O)CCSCC(O)C(O)CS. The molecule has 5 N–H and O–H groups in total. The second-order valence-corrected chi connectivity index (χ2v) is 6.84. The van der Waals surface area contributed by atoms with Crippen molar-refractivity contribution in [2.45, 2.75) is 12.2 Å². The number of thioether (sulfide) groups is 1. The van der Waals surface area contributed by atoms with E-state index in [1.807, 2.05) is 0 Å². The second kappa shape index (κ2) is 9.42. The lowest BCUT2D eigenvalue weighted by Gasteiger charge is -2.15. The number of nitrogens with two attached hydrogens (primary N) is 1. The van der Waals surface area contributed by atoms with E-state index in [1.165, 1.54) is 11.8 Å². The van der Waals surface area contributed by atoms with Gasteiger partial charge in [-0.15, -0.1) is 0 Å². The van der Waals surface area contributed by atoms with Gasteiger partial charge in [-0.3, -0.25) is 0 Å². The van der Waals surface area contributed by atoms with Crippen molar-refractivity contribution in [3.63, 3.8) is 0 Å². The van der Waals surface area contributed by atoms with Crippen LogP contribution >= 0.6 is 24.4 Å². The highest BCUT2D eigenvalue weighted by Crippen LogP contribution is 2.07. The summed E-state index contributed by atoms with van der Waals surface area (Å²) in [5, 5.41) is 18.6. The number of aliphatic hydroxyl groups excluding tert-OH is 2. The van der Waals surface area contributed by atoms with Crippen molar-refractivity contribution in [2.24, 2.45) is 5.73 Å². The smallest absolute Gasteiger partial charge is 0.212 e. The van der Waals surface area contributed by atoms with Crippen molar-refractivity contribution in [3.05, 3.63) is 0 Å². The minimum Gasteiger partial charge on any atom is -0.390 e. The van der Waals surface area contributed by atoms with Gasteiger partial charge in [0.25, 0.3) is 0 Å². The fraction of sp³-hybridized carbons (Fsp3) is 1.00. The summed E-state index contributed by atoms with van der Waals surface area (Å²) in [4.78, 5) is 0. The van der Waals surface area contributed by atoms with Gasteiger partial charge < -0.3 is 15.9 Å². The molecule has 0 aliphatic rings. The number of nitrogens with one attached hydrogen (secondary N) is 1. The summed E-state index contributed by atoms with van der Waals surface area (Å²) in [6, 6.07) is 0. The number of rotatable bonds is 10. The van der Waals surface area contributed by atoms with Crippen LogP contribution in [-0.4, -0.2) is 66.9 Å². The van der Waals surface area contributed by atoms with Crippen LogP contribution in [0.5, 0.6) is 0 Å². The molecule has 9 heteroatoms. The average Bonchev–Trinajstić information content (AvgIpc) is 2.30. The summed E-state index contributed by atoms with van der Waals surface area (Å²) in [5.41, 5.74) is 5.18. The predicted octanol–water partition coefficient (Wildman–Crippen LogP) is -1.75. The highest BCUT2D eigenvalue weighted by atomic mass is 32.2. The number of sulfonamides is 1. The van der Waals surface area contributed by atoms with Crippen molar-refractivity contribution >= 4 is 34.4 Å². The van der Waals surface area contributed by atoms with Crippen LogP contribution < -0.4 is 10.5 Å². The predicted molar refractivity (Wildman–Crippen MR) is 74.0 cm³/mol. The van der Waals surface area contributed by atoms with Crippen LogP contribution in [-0.2, 0) is 10.0 Å². The molecular weight excluding hydrogens is 284 g/mol. The van der Waals surface area contributed by atoms with Crippen molar-refractivity contribution in [3.8, 4) is 0 Å². The molecule has 6 nitrogen and oxygen atoms in total. The van der Waals surface area contributed by atoms with Gasteiger partial charge in [0, 0.05) is 30.3 Å². The fourth-order valence-electron chi connectivity index (χ4n) is 0.892. The van der Waals surface area contributed by atoms with E-state index in [4.69, 9.17) is 5.73 Å². The first-order chi connectivity index (χ1) is 7.93. The monoisotopic (exact) mass is 304 g/mol. The second-order valence-electron chi connectivity index (χ2n) is 3.39. The van der Waals surface area contributed by atoms with Gasteiger partial charge in [-0.2, -0.15) is 24.4 Å². The Morgan fingerprint density at radius 3 is 2.53 bits per heavy atom. The molecule has 0 aromatic rings. The van der Waals surface area contributed by atoms with Crippen molar-refractivity contribution in [1.29, 1.82) is 0 Å². The van der Waals surface area contributed by atoms with E-state index in [1.54, 1.807) is 0 Å². The molecule has 0 rings (SSSR count). The van der Waals surface area contributed by atoms with Crippen LogP contribution in [0.15, 0.2) is 0 Å². The standard InChI is InChI=1S/C8H20N2O4S3/c9-1-2-10-17(13,14)4-3-16-6-8(12)7(11)5-15/h7-8,10-12,15H,1-6,9H2. The molecule has 0 amide bonds. The average molecular weight is 304 g/mol. The lowest BCUT2D eigenvalue weighted by molar-refractivity contribution is 0.0502. The van der Waals surface area contributed by atoms with Gasteiger partial charge in [0.1, 0.15) is 0 Å². The number of thiol groups is 1. The fourth-order valence-corrected chi connectivity index (χ4v) is 3.69. The van der Waals surface area contributed by atoms with E-state index < -0.39 is 22.2 Å². The van der Waals surface area contributed by atoms with E-state index in [2.05, 4.69) is 17.4 Å². The van der Waals surface area contributed by atoms with Gasteiger partial charge in [-0.25, -0.2) is 13.1 Å². The van der Waals surface area contributed by atoms with E-state index in [0.29, 0.717) is 5.75 Å². The highest BCUT2D eigenvalue weighted by Gasteiger charge is 2.15. The van der Waals surface area contributed by atoms with Crippen molar-refractivity contribution in [1.82, 2.24) is 4.72 Å². The number of hydrogen-bond donors (Lipinski definition) is 5. The molecule has 0 spiro atoms. The topological polar surface area (TPSA) is 113 Å². The van der Waals surface area contributed by atoms with Crippen molar-refractivity contribution < 1.29 is 18.6 Å². The molecule has 0 bridgehead atoms. The molecule has 2 atom stereocenters. The third-order valence-electron chi connectivity index (χ3n) is 1.88. The maximum absolute atomic E-state index is 11.3. The van der Waals surface area contributed by atoms with Gasteiger partial charge in [0.2, 0.25) is 10.0 Å². The maximum Gasteiger partial charge on any atom is 0.212 e. The van der Waals surface area contributed by atoms with Crippen LogP contribution in [0.3, 0.4) is 0 Å². The van der Waals surface area contributed by atoms with Crippen LogP contribution in [0.2, 0.25) is 0 Å². The molecule has 0 aromatic heterocycles. The Morgan fingerprint density at radius 2 is 2.00 bits per heavy atom. The number of aliphatic hydroxyl groups is 2. The molecule has 0 fully saturated rings. The molecule has 104 valence electrons. The molecule has 0 heterocycles. The van der Waals surface area contributed by atoms with Gasteiger partial charge in [-0.1, -0.05) is 0 Å². The third kappa shape index (κ3) is 9.11. The molecular formula is C8H20N2O4S3. The minimum absolute atomic E-state index is 0.0264. The molecule has 0 aliphatic carbocycles. The molecule has 17 heavy (non-hydrogen) atoms. The third-order valence-corrected chi connectivity index (χ3v) is 4.97. The Hall–Kier alpha value is 0.490. The lowest BCUT2D eigenvalue weighted by atomic mass is 10.3.